The molecule has 0 unspecified atom stereocenters. The summed E-state index contributed by atoms with van der Waals surface area (Å²) in [6, 6.07) is 14.8. The molecule has 0 bridgehead atoms. The topological polar surface area (TPSA) is 83.8 Å². The van der Waals surface area contributed by atoms with Crippen molar-refractivity contribution in [2.24, 2.45) is 10.7 Å². The van der Waals surface area contributed by atoms with Crippen molar-refractivity contribution < 1.29 is 5.11 Å². The maximum Gasteiger partial charge on any atom is 0.254 e. The lowest BCUT2D eigenvalue weighted by Crippen LogP contribution is -2.42. The lowest BCUT2D eigenvalue weighted by atomic mass is 10.1. The van der Waals surface area contributed by atoms with Crippen LogP contribution >= 0.6 is 12.2 Å². The minimum atomic E-state index is -0.291. The predicted molar refractivity (Wildman–Crippen MR) is 114 cm³/mol. The molecule has 6 nitrogen and oxygen atoms in total. The number of aromatic nitrogens is 1. The van der Waals surface area contributed by atoms with Gasteiger partial charge in [-0.3, -0.25) is 14.7 Å². The zero-order valence-corrected chi connectivity index (χ0v) is 15.9. The van der Waals surface area contributed by atoms with Crippen molar-refractivity contribution in [3.05, 3.63) is 70.6 Å². The van der Waals surface area contributed by atoms with E-state index in [1.54, 1.807) is 18.1 Å². The van der Waals surface area contributed by atoms with Crippen LogP contribution in [0, 0.1) is 0 Å². The number of thiocarbonyl (C=S) groups is 1. The molecule has 1 aromatic heterocycles. The summed E-state index contributed by atoms with van der Waals surface area (Å²) in [6.07, 6.45) is 1.57. The quantitative estimate of drug-likeness (QED) is 0.415. The Bertz CT molecular complexity index is 1100. The van der Waals surface area contributed by atoms with Crippen LogP contribution in [0.3, 0.4) is 0 Å². The van der Waals surface area contributed by atoms with Crippen LogP contribution in [0.5, 0.6) is 5.75 Å². The van der Waals surface area contributed by atoms with Crippen molar-refractivity contribution >= 4 is 39.6 Å². The Hall–Kier alpha value is -3.19. The van der Waals surface area contributed by atoms with Gasteiger partial charge in [0.15, 0.2) is 5.11 Å². The van der Waals surface area contributed by atoms with Crippen molar-refractivity contribution in [1.82, 2.24) is 4.57 Å². The lowest BCUT2D eigenvalue weighted by molar-refractivity contribution is 0.469. The van der Waals surface area contributed by atoms with Gasteiger partial charge in [0.1, 0.15) is 11.6 Å². The minimum Gasteiger partial charge on any atom is -0.507 e. The van der Waals surface area contributed by atoms with Gasteiger partial charge in [-0.2, -0.15) is 0 Å². The van der Waals surface area contributed by atoms with E-state index in [1.165, 1.54) is 10.6 Å². The third-order valence-electron chi connectivity index (χ3n) is 4.34. The van der Waals surface area contributed by atoms with Gasteiger partial charge in [0, 0.05) is 31.2 Å². The first-order valence-corrected chi connectivity index (χ1v) is 8.86. The summed E-state index contributed by atoms with van der Waals surface area (Å²) in [5.74, 6) is 0.185. The first kappa shape index (κ1) is 18.6. The van der Waals surface area contributed by atoms with Gasteiger partial charge >= 0.3 is 0 Å². The number of aromatic hydroxyl groups is 1. The Balaban J connectivity index is 2.26. The van der Waals surface area contributed by atoms with Crippen LogP contribution in [0.15, 0.2) is 64.5 Å². The monoisotopic (exact) mass is 380 g/mol. The molecule has 0 atom stereocenters. The van der Waals surface area contributed by atoms with Crippen molar-refractivity contribution in [2.75, 3.05) is 11.9 Å². The average molecular weight is 380 g/mol. The Morgan fingerprint density at radius 2 is 1.96 bits per heavy atom. The van der Waals surface area contributed by atoms with Gasteiger partial charge in [-0.1, -0.05) is 36.4 Å². The second-order valence-electron chi connectivity index (χ2n) is 5.92. The van der Waals surface area contributed by atoms with Crippen LogP contribution in [-0.4, -0.2) is 27.7 Å². The van der Waals surface area contributed by atoms with Gasteiger partial charge in [0.25, 0.3) is 5.56 Å². The van der Waals surface area contributed by atoms with E-state index in [4.69, 9.17) is 18.0 Å². The van der Waals surface area contributed by atoms with E-state index in [0.717, 1.165) is 16.5 Å². The number of hydrogen-bond acceptors (Lipinski definition) is 4. The van der Waals surface area contributed by atoms with Gasteiger partial charge in [-0.05, 0) is 30.6 Å². The molecule has 2 aromatic carbocycles. The summed E-state index contributed by atoms with van der Waals surface area (Å²) in [4.78, 5) is 17.9. The summed E-state index contributed by atoms with van der Waals surface area (Å²) >= 11 is 5.31. The van der Waals surface area contributed by atoms with Crippen LogP contribution in [0.1, 0.15) is 12.5 Å². The normalized spacial score (nSPS) is 11.6. The fourth-order valence-corrected chi connectivity index (χ4v) is 3.25. The summed E-state index contributed by atoms with van der Waals surface area (Å²) in [7, 11) is 1.59. The molecule has 0 aliphatic carbocycles. The number of anilines is 1. The van der Waals surface area contributed by atoms with E-state index in [1.807, 2.05) is 49.4 Å². The lowest BCUT2D eigenvalue weighted by Gasteiger charge is -2.26. The number of aryl methyl sites for hydroxylation is 1. The number of aliphatic imine (C=N–C) groups is 1. The zero-order chi connectivity index (χ0) is 19.6. The van der Waals surface area contributed by atoms with Crippen LogP contribution in [0.4, 0.5) is 5.69 Å². The number of nitrogens with two attached hydrogens (primary N) is 1. The Labute approximate surface area is 162 Å². The molecule has 0 saturated carbocycles. The molecule has 0 saturated heterocycles. The Morgan fingerprint density at radius 3 is 2.63 bits per heavy atom. The van der Waals surface area contributed by atoms with Crippen LogP contribution in [-0.2, 0) is 6.54 Å². The molecule has 27 heavy (non-hydrogen) atoms. The molecule has 0 amide bonds. The molecule has 3 aromatic rings. The molecule has 0 radical (unpaired) electrons. The standard InChI is InChI=1S/C20H20N4O2S/c1-3-23-12-15(17(25)11-18(23)26)19(22-2)24(20(21)27)16-10-6-8-13-7-4-5-9-14(13)16/h4-12,25H,3H2,1-2H3,(H2,21,27)/b22-19-. The number of nitrogens with zero attached hydrogens (tertiary/aromatic N) is 3. The number of rotatable bonds is 3. The molecule has 7 heteroatoms. The van der Waals surface area contributed by atoms with Crippen LogP contribution in [0.25, 0.3) is 10.8 Å². The minimum absolute atomic E-state index is 0.0839. The maximum absolute atomic E-state index is 12.0. The smallest absolute Gasteiger partial charge is 0.254 e. The van der Waals surface area contributed by atoms with Crippen molar-refractivity contribution in [3.63, 3.8) is 0 Å². The van der Waals surface area contributed by atoms with E-state index in [-0.39, 0.29) is 16.4 Å². The Morgan fingerprint density at radius 1 is 1.26 bits per heavy atom. The molecule has 0 spiro atoms. The largest absolute Gasteiger partial charge is 0.507 e. The molecule has 3 N–H and O–H groups in total. The maximum atomic E-state index is 12.0. The Kier molecular flexibility index (Phi) is 5.23. The highest BCUT2D eigenvalue weighted by atomic mass is 32.1. The number of fused-ring (bicyclic) bond motifs is 1. The molecule has 0 aliphatic heterocycles. The van der Waals surface area contributed by atoms with Crippen molar-refractivity contribution in [1.29, 1.82) is 0 Å². The molecule has 0 fully saturated rings. The summed E-state index contributed by atoms with van der Waals surface area (Å²) < 4.78 is 1.49. The molecule has 138 valence electrons. The zero-order valence-electron chi connectivity index (χ0n) is 15.1. The van der Waals surface area contributed by atoms with Gasteiger partial charge in [0.2, 0.25) is 0 Å². The third-order valence-corrected chi connectivity index (χ3v) is 4.52. The number of pyridine rings is 1. The SMILES string of the molecule is CCn1cc(/C(=N/C)N(C(N)=S)c2cccc3ccccc23)c(O)cc1=O. The summed E-state index contributed by atoms with van der Waals surface area (Å²) in [5, 5.41) is 12.4. The van der Waals surface area contributed by atoms with Gasteiger partial charge < -0.3 is 15.4 Å². The molecular weight excluding hydrogens is 360 g/mol. The average Bonchev–Trinajstić information content (AvgIpc) is 2.66. The van der Waals surface area contributed by atoms with E-state index in [9.17, 15) is 9.90 Å². The van der Waals surface area contributed by atoms with Crippen molar-refractivity contribution in [2.45, 2.75) is 13.5 Å². The number of amidine groups is 1. The fourth-order valence-electron chi connectivity index (χ4n) is 3.06. The first-order valence-electron chi connectivity index (χ1n) is 8.45. The van der Waals surface area contributed by atoms with Crippen LogP contribution < -0.4 is 16.2 Å². The number of benzene rings is 2. The fraction of sp³-hybridized carbons (Fsp3) is 0.150. The predicted octanol–water partition coefficient (Wildman–Crippen LogP) is 2.85. The molecule has 1 heterocycles. The molecular formula is C20H20N4O2S. The third kappa shape index (κ3) is 3.41. The second kappa shape index (κ2) is 7.59. The van der Waals surface area contributed by atoms with Crippen LogP contribution in [0.2, 0.25) is 0 Å². The van der Waals surface area contributed by atoms with Gasteiger partial charge in [0.05, 0.1) is 11.3 Å². The highest BCUT2D eigenvalue weighted by Crippen LogP contribution is 2.29. The van der Waals surface area contributed by atoms with Gasteiger partial charge in [-0.25, -0.2) is 0 Å². The van der Waals surface area contributed by atoms with E-state index < -0.39 is 0 Å². The summed E-state index contributed by atoms with van der Waals surface area (Å²) in [6.45, 7) is 2.31. The highest BCUT2D eigenvalue weighted by molar-refractivity contribution is 7.80. The van der Waals surface area contributed by atoms with E-state index >= 15 is 0 Å². The van der Waals surface area contributed by atoms with Gasteiger partial charge in [-0.15, -0.1) is 0 Å². The molecule has 0 aliphatic rings. The highest BCUT2D eigenvalue weighted by Gasteiger charge is 2.23. The van der Waals surface area contributed by atoms with E-state index in [0.29, 0.717) is 17.9 Å². The summed E-state index contributed by atoms with van der Waals surface area (Å²) in [5.41, 5.74) is 6.88. The molecule has 3 rings (SSSR count). The first-order chi connectivity index (χ1) is 13.0. The second-order valence-corrected chi connectivity index (χ2v) is 6.33. The van der Waals surface area contributed by atoms with E-state index in [2.05, 4.69) is 4.99 Å². The number of hydrogen-bond donors (Lipinski definition) is 2. The van der Waals surface area contributed by atoms with Crippen molar-refractivity contribution in [3.8, 4) is 5.75 Å².